The van der Waals surface area contributed by atoms with E-state index in [4.69, 9.17) is 32.7 Å². The van der Waals surface area contributed by atoms with Crippen LogP contribution in [-0.4, -0.2) is 39.7 Å². The lowest BCUT2D eigenvalue weighted by Crippen LogP contribution is -2.40. The van der Waals surface area contributed by atoms with Gasteiger partial charge in [0.15, 0.2) is 0 Å². The molecule has 10 heteroatoms. The molecule has 0 radical (unpaired) electrons. The Labute approximate surface area is 149 Å². The highest BCUT2D eigenvalue weighted by Crippen LogP contribution is 2.34. The standard InChI is InChI=1S/C13H17Cl2NO5S2/c1-8(21-7-9-4-2-3-5-20-9)13(17)16-23(18,19)10-6-11(14)22-12(10)15/h6,8-9H,2-5,7H2,1H3,(H,16,17)/t8-,9+/m0/s1. The number of carbonyl (C=O) groups is 1. The van der Waals surface area contributed by atoms with Crippen LogP contribution in [0.2, 0.25) is 8.67 Å². The molecular formula is C13H17Cl2NO5S2. The van der Waals surface area contributed by atoms with E-state index in [1.54, 1.807) is 0 Å². The van der Waals surface area contributed by atoms with Crippen LogP contribution in [0.5, 0.6) is 0 Å². The summed E-state index contributed by atoms with van der Waals surface area (Å²) in [5.41, 5.74) is 0. The van der Waals surface area contributed by atoms with E-state index in [-0.39, 0.29) is 26.3 Å². The van der Waals surface area contributed by atoms with Crippen LogP contribution in [0.1, 0.15) is 26.2 Å². The van der Waals surface area contributed by atoms with Crippen molar-refractivity contribution < 1.29 is 22.7 Å². The molecule has 1 amide bonds. The summed E-state index contributed by atoms with van der Waals surface area (Å²) in [5, 5.41) is 0. The molecule has 1 saturated heterocycles. The normalized spacial score (nSPS) is 20.2. The number of hydrogen-bond acceptors (Lipinski definition) is 6. The lowest BCUT2D eigenvalue weighted by molar-refractivity contribution is -0.133. The number of halogens is 2. The first-order valence-corrected chi connectivity index (χ1v) is 10.1. The van der Waals surface area contributed by atoms with Crippen LogP contribution >= 0.6 is 34.5 Å². The van der Waals surface area contributed by atoms with Crippen LogP contribution in [-0.2, 0) is 24.3 Å². The molecule has 2 heterocycles. The predicted molar refractivity (Wildman–Crippen MR) is 88.7 cm³/mol. The van der Waals surface area contributed by atoms with Gasteiger partial charge in [0.1, 0.15) is 15.3 Å². The summed E-state index contributed by atoms with van der Waals surface area (Å²) in [5.74, 6) is -0.765. The van der Waals surface area contributed by atoms with Crippen LogP contribution in [0.15, 0.2) is 11.0 Å². The molecule has 23 heavy (non-hydrogen) atoms. The van der Waals surface area contributed by atoms with E-state index in [1.165, 1.54) is 13.0 Å². The van der Waals surface area contributed by atoms with Gasteiger partial charge >= 0.3 is 0 Å². The average molecular weight is 402 g/mol. The summed E-state index contributed by atoms with van der Waals surface area (Å²) >= 11 is 12.4. The van der Waals surface area contributed by atoms with Gasteiger partial charge in [0, 0.05) is 6.61 Å². The number of rotatable bonds is 6. The van der Waals surface area contributed by atoms with E-state index in [1.807, 2.05) is 4.72 Å². The van der Waals surface area contributed by atoms with Crippen molar-refractivity contribution >= 4 is 50.5 Å². The van der Waals surface area contributed by atoms with Crippen LogP contribution in [0, 0.1) is 0 Å². The fraction of sp³-hybridized carbons (Fsp3) is 0.615. The zero-order valence-electron chi connectivity index (χ0n) is 12.4. The highest BCUT2D eigenvalue weighted by molar-refractivity contribution is 7.90. The smallest absolute Gasteiger partial charge is 0.266 e. The minimum Gasteiger partial charge on any atom is -0.376 e. The van der Waals surface area contributed by atoms with E-state index in [0.717, 1.165) is 30.6 Å². The van der Waals surface area contributed by atoms with Crippen LogP contribution in [0.4, 0.5) is 0 Å². The summed E-state index contributed by atoms with van der Waals surface area (Å²) in [6.07, 6.45) is 1.97. The zero-order valence-corrected chi connectivity index (χ0v) is 15.5. The van der Waals surface area contributed by atoms with Crippen molar-refractivity contribution in [1.29, 1.82) is 0 Å². The molecule has 0 saturated carbocycles. The van der Waals surface area contributed by atoms with Crippen molar-refractivity contribution in [1.82, 2.24) is 4.72 Å². The Morgan fingerprint density at radius 1 is 1.52 bits per heavy atom. The third kappa shape index (κ3) is 5.30. The molecule has 0 unspecified atom stereocenters. The molecule has 1 fully saturated rings. The maximum atomic E-state index is 12.1. The van der Waals surface area contributed by atoms with E-state index in [2.05, 4.69) is 0 Å². The number of ether oxygens (including phenoxy) is 2. The van der Waals surface area contributed by atoms with E-state index in [0.29, 0.717) is 6.61 Å². The van der Waals surface area contributed by atoms with Crippen molar-refractivity contribution in [3.05, 3.63) is 14.7 Å². The lowest BCUT2D eigenvalue weighted by Gasteiger charge is -2.23. The number of amides is 1. The summed E-state index contributed by atoms with van der Waals surface area (Å²) in [6, 6.07) is 1.20. The Bertz CT molecular complexity index is 655. The first kappa shape index (κ1) is 19.0. The van der Waals surface area contributed by atoms with Crippen molar-refractivity contribution in [2.75, 3.05) is 13.2 Å². The highest BCUT2D eigenvalue weighted by Gasteiger charge is 2.26. The molecule has 2 rings (SSSR count). The Hall–Kier alpha value is -0.380. The van der Waals surface area contributed by atoms with E-state index >= 15 is 0 Å². The number of sulfonamides is 1. The van der Waals surface area contributed by atoms with Gasteiger partial charge < -0.3 is 9.47 Å². The Kier molecular flexibility index (Phi) is 6.70. The Balaban J connectivity index is 1.90. The molecule has 1 aromatic heterocycles. The lowest BCUT2D eigenvalue weighted by atomic mass is 10.1. The van der Waals surface area contributed by atoms with Gasteiger partial charge in [0.25, 0.3) is 15.9 Å². The monoisotopic (exact) mass is 401 g/mol. The Morgan fingerprint density at radius 2 is 2.26 bits per heavy atom. The summed E-state index contributed by atoms with van der Waals surface area (Å²) in [4.78, 5) is 11.8. The van der Waals surface area contributed by atoms with Crippen LogP contribution < -0.4 is 4.72 Å². The molecule has 1 N–H and O–H groups in total. The van der Waals surface area contributed by atoms with Gasteiger partial charge in [-0.15, -0.1) is 11.3 Å². The molecule has 130 valence electrons. The third-order valence-corrected chi connectivity index (χ3v) is 6.42. The second-order valence-corrected chi connectivity index (χ2v) is 9.06. The first-order chi connectivity index (χ1) is 10.8. The second-order valence-electron chi connectivity index (χ2n) is 5.12. The van der Waals surface area contributed by atoms with Gasteiger partial charge in [-0.1, -0.05) is 23.2 Å². The number of carbonyl (C=O) groups excluding carboxylic acids is 1. The summed E-state index contributed by atoms with van der Waals surface area (Å²) in [6.45, 7) is 2.41. The van der Waals surface area contributed by atoms with Crippen molar-refractivity contribution in [2.45, 2.75) is 43.3 Å². The van der Waals surface area contributed by atoms with Gasteiger partial charge in [-0.3, -0.25) is 4.79 Å². The van der Waals surface area contributed by atoms with E-state index in [9.17, 15) is 13.2 Å². The Morgan fingerprint density at radius 3 is 2.83 bits per heavy atom. The molecular weight excluding hydrogens is 385 g/mol. The third-order valence-electron chi connectivity index (χ3n) is 3.33. The fourth-order valence-electron chi connectivity index (χ4n) is 2.04. The fourth-order valence-corrected chi connectivity index (χ4v) is 5.24. The molecule has 6 nitrogen and oxygen atoms in total. The zero-order chi connectivity index (χ0) is 17.0. The summed E-state index contributed by atoms with van der Waals surface area (Å²) < 4.78 is 37.3. The minimum atomic E-state index is -4.07. The highest BCUT2D eigenvalue weighted by atomic mass is 35.5. The van der Waals surface area contributed by atoms with Gasteiger partial charge in [0.05, 0.1) is 17.0 Å². The molecule has 1 aliphatic rings. The van der Waals surface area contributed by atoms with Gasteiger partial charge in [-0.25, -0.2) is 13.1 Å². The van der Waals surface area contributed by atoms with Crippen molar-refractivity contribution in [2.24, 2.45) is 0 Å². The number of hydrogen-bond donors (Lipinski definition) is 1. The molecule has 0 bridgehead atoms. The van der Waals surface area contributed by atoms with Crippen LogP contribution in [0.3, 0.4) is 0 Å². The molecule has 1 aromatic rings. The minimum absolute atomic E-state index is 0.000484. The SMILES string of the molecule is C[C@H](OC[C@H]1CCCCO1)C(=O)NS(=O)(=O)c1cc(Cl)sc1Cl. The average Bonchev–Trinajstić information content (AvgIpc) is 2.85. The van der Waals surface area contributed by atoms with Crippen molar-refractivity contribution in [3.8, 4) is 0 Å². The molecule has 1 aliphatic heterocycles. The first-order valence-electron chi connectivity index (χ1n) is 7.04. The molecule has 0 aromatic carbocycles. The predicted octanol–water partition coefficient (Wildman–Crippen LogP) is 2.83. The van der Waals surface area contributed by atoms with E-state index < -0.39 is 22.0 Å². The maximum Gasteiger partial charge on any atom is 0.266 e. The van der Waals surface area contributed by atoms with Gasteiger partial charge in [-0.05, 0) is 32.3 Å². The summed E-state index contributed by atoms with van der Waals surface area (Å²) in [7, 11) is -4.07. The number of thiophene rings is 1. The van der Waals surface area contributed by atoms with Crippen LogP contribution in [0.25, 0.3) is 0 Å². The molecule has 2 atom stereocenters. The quantitative estimate of drug-likeness (QED) is 0.792. The maximum absolute atomic E-state index is 12.1. The number of nitrogens with one attached hydrogen (secondary N) is 1. The topological polar surface area (TPSA) is 81.7 Å². The van der Waals surface area contributed by atoms with Gasteiger partial charge in [-0.2, -0.15) is 0 Å². The molecule has 0 aliphatic carbocycles. The van der Waals surface area contributed by atoms with Crippen molar-refractivity contribution in [3.63, 3.8) is 0 Å². The largest absolute Gasteiger partial charge is 0.376 e. The second kappa shape index (κ2) is 8.13. The molecule has 0 spiro atoms. The van der Waals surface area contributed by atoms with Gasteiger partial charge in [0.2, 0.25) is 0 Å².